The molecule has 1 amide bonds. The van der Waals surface area contributed by atoms with E-state index in [1.54, 1.807) is 40.9 Å². The number of aromatic nitrogens is 6. The first-order valence-corrected chi connectivity index (χ1v) is 8.56. The fourth-order valence-corrected chi connectivity index (χ4v) is 2.73. The van der Waals surface area contributed by atoms with Gasteiger partial charge in [0, 0.05) is 18.3 Å². The van der Waals surface area contributed by atoms with Crippen molar-refractivity contribution in [3.05, 3.63) is 41.9 Å². The first-order valence-electron chi connectivity index (χ1n) is 8.56. The first-order chi connectivity index (χ1) is 12.4. The predicted molar refractivity (Wildman–Crippen MR) is 98.7 cm³/mol. The zero-order valence-corrected chi connectivity index (χ0v) is 15.6. The van der Waals surface area contributed by atoms with Crippen LogP contribution in [0.25, 0.3) is 11.4 Å². The van der Waals surface area contributed by atoms with E-state index in [9.17, 15) is 4.79 Å². The van der Waals surface area contributed by atoms with E-state index < -0.39 is 6.04 Å². The van der Waals surface area contributed by atoms with Crippen molar-refractivity contribution in [1.29, 1.82) is 0 Å². The van der Waals surface area contributed by atoms with Crippen molar-refractivity contribution in [2.24, 2.45) is 0 Å². The number of rotatable bonds is 5. The highest BCUT2D eigenvalue weighted by atomic mass is 16.2. The maximum atomic E-state index is 12.6. The average molecular weight is 353 g/mol. The van der Waals surface area contributed by atoms with Gasteiger partial charge in [-0.3, -0.25) is 9.78 Å². The Morgan fingerprint density at radius 1 is 1.23 bits per heavy atom. The van der Waals surface area contributed by atoms with Crippen molar-refractivity contribution in [3.8, 4) is 11.4 Å². The van der Waals surface area contributed by atoms with Crippen molar-refractivity contribution in [3.63, 3.8) is 0 Å². The number of carbonyl (C=O) groups is 1. The SMILES string of the molecule is Cc1cnc(-c2cn(C(C)C(=O)Nc3ccnn3C(C)C)nn2)c(C)c1. The minimum absolute atomic E-state index is 0.157. The maximum absolute atomic E-state index is 12.6. The highest BCUT2D eigenvalue weighted by Gasteiger charge is 2.20. The van der Waals surface area contributed by atoms with E-state index in [2.05, 4.69) is 25.7 Å². The molecule has 26 heavy (non-hydrogen) atoms. The molecule has 0 saturated heterocycles. The Morgan fingerprint density at radius 2 is 2.00 bits per heavy atom. The molecule has 136 valence electrons. The maximum Gasteiger partial charge on any atom is 0.250 e. The summed E-state index contributed by atoms with van der Waals surface area (Å²) in [4.78, 5) is 17.0. The lowest BCUT2D eigenvalue weighted by molar-refractivity contribution is -0.119. The summed E-state index contributed by atoms with van der Waals surface area (Å²) in [6, 6.07) is 3.46. The number of nitrogens with one attached hydrogen (secondary N) is 1. The van der Waals surface area contributed by atoms with Gasteiger partial charge in [0.05, 0.1) is 18.1 Å². The Morgan fingerprint density at radius 3 is 2.69 bits per heavy atom. The third-order valence-electron chi connectivity index (χ3n) is 4.15. The van der Waals surface area contributed by atoms with Gasteiger partial charge < -0.3 is 5.32 Å². The van der Waals surface area contributed by atoms with Crippen LogP contribution in [0.5, 0.6) is 0 Å². The molecule has 0 radical (unpaired) electrons. The van der Waals surface area contributed by atoms with Gasteiger partial charge in [0.25, 0.3) is 0 Å². The molecular formula is C18H23N7O. The highest BCUT2D eigenvalue weighted by Crippen LogP contribution is 2.21. The molecule has 0 saturated carbocycles. The second-order valence-electron chi connectivity index (χ2n) is 6.68. The van der Waals surface area contributed by atoms with E-state index >= 15 is 0 Å². The molecule has 3 aromatic rings. The molecule has 3 heterocycles. The summed E-state index contributed by atoms with van der Waals surface area (Å²) >= 11 is 0. The average Bonchev–Trinajstić information content (AvgIpc) is 3.23. The van der Waals surface area contributed by atoms with Gasteiger partial charge in [0.2, 0.25) is 5.91 Å². The number of nitrogens with zero attached hydrogens (tertiary/aromatic N) is 6. The molecule has 0 aliphatic carbocycles. The van der Waals surface area contributed by atoms with Crippen LogP contribution in [0.1, 0.15) is 44.0 Å². The molecule has 0 bridgehead atoms. The number of pyridine rings is 1. The summed E-state index contributed by atoms with van der Waals surface area (Å²) < 4.78 is 3.30. The van der Waals surface area contributed by atoms with Crippen LogP contribution < -0.4 is 5.32 Å². The fourth-order valence-electron chi connectivity index (χ4n) is 2.73. The lowest BCUT2D eigenvalue weighted by Crippen LogP contribution is -2.25. The summed E-state index contributed by atoms with van der Waals surface area (Å²) in [5.74, 6) is 0.477. The number of amides is 1. The highest BCUT2D eigenvalue weighted by molar-refractivity contribution is 5.92. The third kappa shape index (κ3) is 3.49. The van der Waals surface area contributed by atoms with E-state index in [-0.39, 0.29) is 11.9 Å². The van der Waals surface area contributed by atoms with Crippen LogP contribution >= 0.6 is 0 Å². The first kappa shape index (κ1) is 17.8. The zero-order valence-electron chi connectivity index (χ0n) is 15.6. The van der Waals surface area contributed by atoms with E-state index in [4.69, 9.17) is 0 Å². The van der Waals surface area contributed by atoms with Gasteiger partial charge in [0.1, 0.15) is 17.6 Å². The Balaban J connectivity index is 1.78. The monoisotopic (exact) mass is 353 g/mol. The second-order valence-corrected chi connectivity index (χ2v) is 6.68. The summed E-state index contributed by atoms with van der Waals surface area (Å²) in [7, 11) is 0. The molecule has 3 aromatic heterocycles. The van der Waals surface area contributed by atoms with Gasteiger partial charge in [0.15, 0.2) is 0 Å². The largest absolute Gasteiger partial charge is 0.309 e. The Kier molecular flexibility index (Phi) is 4.83. The quantitative estimate of drug-likeness (QED) is 0.761. The molecule has 3 rings (SSSR count). The minimum atomic E-state index is -0.516. The third-order valence-corrected chi connectivity index (χ3v) is 4.15. The van der Waals surface area contributed by atoms with Crippen molar-refractivity contribution in [1.82, 2.24) is 29.8 Å². The Labute approximate surface area is 152 Å². The molecule has 1 N–H and O–H groups in total. The van der Waals surface area contributed by atoms with Crippen molar-refractivity contribution in [2.75, 3.05) is 5.32 Å². The van der Waals surface area contributed by atoms with Gasteiger partial charge in [-0.2, -0.15) is 5.10 Å². The minimum Gasteiger partial charge on any atom is -0.309 e. The Hall–Kier alpha value is -3.03. The molecule has 0 aromatic carbocycles. The van der Waals surface area contributed by atoms with Crippen LogP contribution in [0, 0.1) is 13.8 Å². The molecule has 8 nitrogen and oxygen atoms in total. The molecule has 0 aliphatic rings. The summed E-state index contributed by atoms with van der Waals surface area (Å²) in [5, 5.41) is 15.4. The lowest BCUT2D eigenvalue weighted by Gasteiger charge is -2.15. The van der Waals surface area contributed by atoms with Crippen LogP contribution in [0.4, 0.5) is 5.82 Å². The predicted octanol–water partition coefficient (Wildman–Crippen LogP) is 2.93. The van der Waals surface area contributed by atoms with Crippen LogP contribution in [-0.2, 0) is 4.79 Å². The van der Waals surface area contributed by atoms with Crippen LogP contribution in [0.2, 0.25) is 0 Å². The normalized spacial score (nSPS) is 12.4. The van der Waals surface area contributed by atoms with Gasteiger partial charge >= 0.3 is 0 Å². The number of hydrogen-bond donors (Lipinski definition) is 1. The molecule has 0 aliphatic heterocycles. The van der Waals surface area contributed by atoms with Gasteiger partial charge in [-0.25, -0.2) is 9.36 Å². The summed E-state index contributed by atoms with van der Waals surface area (Å²) in [6.45, 7) is 9.77. The van der Waals surface area contributed by atoms with Gasteiger partial charge in [-0.05, 0) is 45.7 Å². The van der Waals surface area contributed by atoms with E-state index in [0.717, 1.165) is 16.8 Å². The molecular weight excluding hydrogens is 330 g/mol. The van der Waals surface area contributed by atoms with Crippen molar-refractivity contribution in [2.45, 2.75) is 46.7 Å². The number of aryl methyl sites for hydroxylation is 2. The van der Waals surface area contributed by atoms with Crippen LogP contribution in [0.15, 0.2) is 30.7 Å². The molecule has 1 atom stereocenters. The fraction of sp³-hybridized carbons (Fsp3) is 0.389. The number of hydrogen-bond acceptors (Lipinski definition) is 5. The number of anilines is 1. The van der Waals surface area contributed by atoms with Gasteiger partial charge in [-0.1, -0.05) is 11.3 Å². The molecule has 8 heteroatoms. The van der Waals surface area contributed by atoms with Crippen LogP contribution in [0.3, 0.4) is 0 Å². The van der Waals surface area contributed by atoms with Crippen molar-refractivity contribution < 1.29 is 4.79 Å². The zero-order chi connectivity index (χ0) is 18.8. The summed E-state index contributed by atoms with van der Waals surface area (Å²) in [6.07, 6.45) is 5.21. The van der Waals surface area contributed by atoms with Crippen molar-refractivity contribution >= 4 is 11.7 Å². The summed E-state index contributed by atoms with van der Waals surface area (Å²) in [5.41, 5.74) is 3.53. The van der Waals surface area contributed by atoms with Gasteiger partial charge in [-0.15, -0.1) is 5.10 Å². The van der Waals surface area contributed by atoms with Crippen LogP contribution in [-0.4, -0.2) is 35.7 Å². The molecule has 1 unspecified atom stereocenters. The van der Waals surface area contributed by atoms with E-state index in [1.165, 1.54) is 0 Å². The van der Waals surface area contributed by atoms with E-state index in [1.807, 2.05) is 33.8 Å². The topological polar surface area (TPSA) is 90.5 Å². The van der Waals surface area contributed by atoms with E-state index in [0.29, 0.717) is 11.5 Å². The standard InChI is InChI=1S/C18H23N7O/c1-11(2)25-16(6-7-20-25)21-18(26)14(5)24-10-15(22-23-24)17-13(4)8-12(3)9-19-17/h6-11,14H,1-5H3,(H,21,26). The smallest absolute Gasteiger partial charge is 0.250 e. The second kappa shape index (κ2) is 7.07. The molecule has 0 spiro atoms. The number of carbonyl (C=O) groups excluding carboxylic acids is 1. The Bertz CT molecular complexity index is 925. The molecule has 0 fully saturated rings. The lowest BCUT2D eigenvalue weighted by atomic mass is 10.1.